The van der Waals surface area contributed by atoms with Crippen LogP contribution in [0.4, 0.5) is 0 Å². The van der Waals surface area contributed by atoms with Gasteiger partial charge >= 0.3 is 5.97 Å². The SMILES string of the molecule is Cc1cccc(-c2cc(OCc3ccccc3)c3[nH]c(C(=O)O)c(C)c(=O)c3c2)c1. The van der Waals surface area contributed by atoms with Crippen LogP contribution in [0, 0.1) is 13.8 Å². The second-order valence-electron chi connectivity index (χ2n) is 7.30. The number of H-pyrrole nitrogens is 1. The van der Waals surface area contributed by atoms with E-state index in [2.05, 4.69) is 4.98 Å². The van der Waals surface area contributed by atoms with Gasteiger partial charge in [0.2, 0.25) is 0 Å². The smallest absolute Gasteiger partial charge is 0.352 e. The number of hydrogen-bond donors (Lipinski definition) is 2. The topological polar surface area (TPSA) is 79.4 Å². The molecule has 0 spiro atoms. The number of fused-ring (bicyclic) bond motifs is 1. The first-order chi connectivity index (χ1) is 14.4. The minimum Gasteiger partial charge on any atom is -0.487 e. The van der Waals surface area contributed by atoms with Gasteiger partial charge in [-0.3, -0.25) is 4.79 Å². The number of carboxylic acid groups (broad SMARTS) is 1. The Bertz CT molecular complexity index is 1310. The highest BCUT2D eigenvalue weighted by atomic mass is 16.5. The van der Waals surface area contributed by atoms with Gasteiger partial charge in [0.25, 0.3) is 0 Å². The molecule has 30 heavy (non-hydrogen) atoms. The largest absolute Gasteiger partial charge is 0.487 e. The number of aromatic amines is 1. The summed E-state index contributed by atoms with van der Waals surface area (Å²) in [6.45, 7) is 3.82. The van der Waals surface area contributed by atoms with Crippen LogP contribution in [-0.4, -0.2) is 16.1 Å². The summed E-state index contributed by atoms with van der Waals surface area (Å²) in [6, 6.07) is 21.3. The van der Waals surface area contributed by atoms with Crippen molar-refractivity contribution in [3.8, 4) is 16.9 Å². The molecule has 5 nitrogen and oxygen atoms in total. The molecule has 0 unspecified atom stereocenters. The Hall–Kier alpha value is -3.86. The normalized spacial score (nSPS) is 10.9. The molecule has 1 heterocycles. The first-order valence-electron chi connectivity index (χ1n) is 9.61. The predicted octanol–water partition coefficient (Wildman–Crippen LogP) is 5.09. The van der Waals surface area contributed by atoms with E-state index in [-0.39, 0.29) is 16.7 Å². The van der Waals surface area contributed by atoms with Gasteiger partial charge in [0.1, 0.15) is 18.1 Å². The molecule has 150 valence electrons. The number of pyridine rings is 1. The summed E-state index contributed by atoms with van der Waals surface area (Å²) >= 11 is 0. The molecule has 1 aromatic heterocycles. The third kappa shape index (κ3) is 3.70. The molecule has 0 bridgehead atoms. The second-order valence-corrected chi connectivity index (χ2v) is 7.30. The van der Waals surface area contributed by atoms with Gasteiger partial charge in [0.15, 0.2) is 5.43 Å². The molecule has 0 saturated carbocycles. The van der Waals surface area contributed by atoms with Crippen LogP contribution in [0.2, 0.25) is 0 Å². The molecule has 5 heteroatoms. The van der Waals surface area contributed by atoms with E-state index in [1.165, 1.54) is 6.92 Å². The molecule has 0 atom stereocenters. The lowest BCUT2D eigenvalue weighted by Gasteiger charge is -2.14. The molecule has 3 aromatic carbocycles. The van der Waals surface area contributed by atoms with Crippen molar-refractivity contribution in [2.24, 2.45) is 0 Å². The monoisotopic (exact) mass is 399 g/mol. The van der Waals surface area contributed by atoms with Crippen LogP contribution in [0.25, 0.3) is 22.0 Å². The minimum absolute atomic E-state index is 0.125. The summed E-state index contributed by atoms with van der Waals surface area (Å²) in [7, 11) is 0. The molecule has 0 saturated heterocycles. The van der Waals surface area contributed by atoms with Crippen molar-refractivity contribution < 1.29 is 14.6 Å². The lowest BCUT2D eigenvalue weighted by atomic mass is 9.99. The molecule has 0 aliphatic carbocycles. The molecule has 0 amide bonds. The van der Waals surface area contributed by atoms with Gasteiger partial charge in [0, 0.05) is 5.56 Å². The average molecular weight is 399 g/mol. The Balaban J connectivity index is 1.93. The number of carboxylic acids is 1. The van der Waals surface area contributed by atoms with Gasteiger partial charge in [-0.05, 0) is 42.7 Å². The van der Waals surface area contributed by atoms with Crippen LogP contribution in [0.5, 0.6) is 5.75 Å². The maximum atomic E-state index is 13.0. The molecular weight excluding hydrogens is 378 g/mol. The maximum absolute atomic E-state index is 13.0. The van der Waals surface area contributed by atoms with E-state index in [0.717, 1.165) is 22.3 Å². The Labute approximate surface area is 173 Å². The number of benzene rings is 3. The highest BCUT2D eigenvalue weighted by Crippen LogP contribution is 2.32. The fourth-order valence-corrected chi connectivity index (χ4v) is 3.51. The van der Waals surface area contributed by atoms with Crippen LogP contribution >= 0.6 is 0 Å². The number of rotatable bonds is 5. The first-order valence-corrected chi connectivity index (χ1v) is 9.61. The van der Waals surface area contributed by atoms with Crippen LogP contribution in [-0.2, 0) is 6.61 Å². The van der Waals surface area contributed by atoms with Gasteiger partial charge in [-0.15, -0.1) is 0 Å². The number of aryl methyl sites for hydroxylation is 1. The van der Waals surface area contributed by atoms with Gasteiger partial charge in [0.05, 0.1) is 10.9 Å². The number of aromatic nitrogens is 1. The van der Waals surface area contributed by atoms with Crippen molar-refractivity contribution in [2.75, 3.05) is 0 Å². The molecular formula is C25H21NO4. The molecule has 0 aliphatic heterocycles. The Morgan fingerprint density at radius 2 is 1.73 bits per heavy atom. The molecule has 2 N–H and O–H groups in total. The van der Waals surface area contributed by atoms with Crippen molar-refractivity contribution in [2.45, 2.75) is 20.5 Å². The number of nitrogens with one attached hydrogen (secondary N) is 1. The van der Waals surface area contributed by atoms with Crippen molar-refractivity contribution in [1.82, 2.24) is 4.98 Å². The van der Waals surface area contributed by atoms with Crippen molar-refractivity contribution in [3.63, 3.8) is 0 Å². The van der Waals surface area contributed by atoms with E-state index in [9.17, 15) is 14.7 Å². The Kier molecular flexibility index (Phi) is 5.11. The number of carbonyl (C=O) groups is 1. The fraction of sp³-hybridized carbons (Fsp3) is 0.120. The Morgan fingerprint density at radius 1 is 0.967 bits per heavy atom. The van der Waals surface area contributed by atoms with E-state index < -0.39 is 5.97 Å². The predicted molar refractivity (Wildman–Crippen MR) is 117 cm³/mol. The van der Waals surface area contributed by atoms with E-state index in [1.807, 2.05) is 67.6 Å². The molecule has 0 aliphatic rings. The van der Waals surface area contributed by atoms with Crippen LogP contribution in [0.3, 0.4) is 0 Å². The average Bonchev–Trinajstić information content (AvgIpc) is 2.75. The zero-order chi connectivity index (χ0) is 21.3. The summed E-state index contributed by atoms with van der Waals surface area (Å²) in [4.78, 5) is 27.5. The summed E-state index contributed by atoms with van der Waals surface area (Å²) in [5.41, 5.74) is 3.98. The second kappa shape index (κ2) is 7.87. The molecule has 0 fully saturated rings. The Morgan fingerprint density at radius 3 is 2.43 bits per heavy atom. The van der Waals surface area contributed by atoms with Gasteiger partial charge in [-0.2, -0.15) is 0 Å². The summed E-state index contributed by atoms with van der Waals surface area (Å²) in [6.07, 6.45) is 0. The summed E-state index contributed by atoms with van der Waals surface area (Å²) in [5.74, 6) is -0.740. The van der Waals surface area contributed by atoms with Gasteiger partial charge in [-0.1, -0.05) is 60.2 Å². The van der Waals surface area contributed by atoms with E-state index >= 15 is 0 Å². The van der Waals surface area contributed by atoms with Gasteiger partial charge < -0.3 is 14.8 Å². The fourth-order valence-electron chi connectivity index (χ4n) is 3.51. The third-order valence-corrected chi connectivity index (χ3v) is 5.11. The molecule has 4 aromatic rings. The molecule has 4 rings (SSSR count). The van der Waals surface area contributed by atoms with Gasteiger partial charge in [-0.25, -0.2) is 4.79 Å². The lowest BCUT2D eigenvalue weighted by Crippen LogP contribution is -2.16. The highest BCUT2D eigenvalue weighted by Gasteiger charge is 2.18. The molecule has 0 radical (unpaired) electrons. The minimum atomic E-state index is -1.18. The zero-order valence-electron chi connectivity index (χ0n) is 16.7. The van der Waals surface area contributed by atoms with E-state index in [1.54, 1.807) is 6.07 Å². The number of ether oxygens (including phenoxy) is 1. The van der Waals surface area contributed by atoms with E-state index in [4.69, 9.17) is 4.74 Å². The summed E-state index contributed by atoms with van der Waals surface area (Å²) in [5, 5.41) is 9.90. The van der Waals surface area contributed by atoms with Crippen LogP contribution < -0.4 is 10.2 Å². The first kappa shape index (κ1) is 19.5. The highest BCUT2D eigenvalue weighted by molar-refractivity contribution is 5.95. The summed E-state index contributed by atoms with van der Waals surface area (Å²) < 4.78 is 6.06. The van der Waals surface area contributed by atoms with Crippen LogP contribution in [0.15, 0.2) is 71.5 Å². The van der Waals surface area contributed by atoms with Crippen LogP contribution in [0.1, 0.15) is 27.2 Å². The number of hydrogen-bond acceptors (Lipinski definition) is 3. The van der Waals surface area contributed by atoms with Crippen molar-refractivity contribution in [1.29, 1.82) is 0 Å². The maximum Gasteiger partial charge on any atom is 0.352 e. The third-order valence-electron chi connectivity index (χ3n) is 5.11. The lowest BCUT2D eigenvalue weighted by molar-refractivity contribution is 0.0690. The standard InChI is InChI=1S/C25H21NO4/c1-15-7-6-10-18(11-15)19-12-20-23(26-22(25(28)29)16(2)24(20)27)21(13-19)30-14-17-8-4-3-5-9-17/h3-13H,14H2,1-2H3,(H,26,27)(H,28,29). The zero-order valence-corrected chi connectivity index (χ0v) is 16.7. The number of aromatic carboxylic acids is 1. The quantitative estimate of drug-likeness (QED) is 0.490. The van der Waals surface area contributed by atoms with Crippen molar-refractivity contribution >= 4 is 16.9 Å². The van der Waals surface area contributed by atoms with E-state index in [0.29, 0.717) is 23.3 Å². The van der Waals surface area contributed by atoms with Crippen molar-refractivity contribution in [3.05, 3.63) is 99.3 Å².